The van der Waals surface area contributed by atoms with E-state index in [4.69, 9.17) is 5.73 Å². The third kappa shape index (κ3) is 2.27. The Bertz CT molecular complexity index is 211. The number of hydrogen-bond donors (Lipinski definition) is 1. The second-order valence-electron chi connectivity index (χ2n) is 2.71. The van der Waals surface area contributed by atoms with E-state index in [1.165, 1.54) is 4.68 Å². The van der Waals surface area contributed by atoms with Crippen LogP contribution in [0.5, 0.6) is 0 Å². The van der Waals surface area contributed by atoms with Crippen LogP contribution in [-0.4, -0.2) is 27.2 Å². The third-order valence-corrected chi connectivity index (χ3v) is 1.72. The molecule has 2 N–H and O–H groups in total. The predicted octanol–water partition coefficient (Wildman–Crippen LogP) is 0.354. The van der Waals surface area contributed by atoms with Crippen molar-refractivity contribution in [1.29, 1.82) is 0 Å². The largest absolute Gasteiger partial charge is 0.324 e. The van der Waals surface area contributed by atoms with Crippen molar-refractivity contribution >= 4 is 0 Å². The maximum atomic E-state index is 12.9. The van der Waals surface area contributed by atoms with Crippen molar-refractivity contribution in [2.75, 3.05) is 0 Å². The van der Waals surface area contributed by atoms with Gasteiger partial charge >= 0.3 is 0 Å². The first-order valence-corrected chi connectivity index (χ1v) is 3.97. The zero-order chi connectivity index (χ0) is 8.97. The highest BCUT2D eigenvalue weighted by molar-refractivity contribution is 4.73. The Kier molecular flexibility index (Phi) is 3.16. The molecule has 2 atom stereocenters. The van der Waals surface area contributed by atoms with E-state index in [1.807, 2.05) is 0 Å². The molecule has 4 nitrogen and oxygen atoms in total. The SMILES string of the molecule is CC[C@@H](F)[C@H](N)Cn1ccnn1. The van der Waals surface area contributed by atoms with E-state index < -0.39 is 12.2 Å². The lowest BCUT2D eigenvalue weighted by molar-refractivity contribution is 0.251. The Hall–Kier alpha value is -0.970. The first-order chi connectivity index (χ1) is 5.74. The van der Waals surface area contributed by atoms with Crippen molar-refractivity contribution in [3.8, 4) is 0 Å². The minimum Gasteiger partial charge on any atom is -0.324 e. The molecular weight excluding hydrogens is 159 g/mol. The van der Waals surface area contributed by atoms with Gasteiger partial charge in [0.1, 0.15) is 6.17 Å². The van der Waals surface area contributed by atoms with E-state index in [0.29, 0.717) is 13.0 Å². The molecular formula is C7H13FN4. The van der Waals surface area contributed by atoms with Gasteiger partial charge in [-0.15, -0.1) is 5.10 Å². The number of rotatable bonds is 4. The molecule has 1 heterocycles. The van der Waals surface area contributed by atoms with Crippen LogP contribution in [0.4, 0.5) is 4.39 Å². The second-order valence-corrected chi connectivity index (χ2v) is 2.71. The van der Waals surface area contributed by atoms with E-state index in [-0.39, 0.29) is 0 Å². The Morgan fingerprint density at radius 2 is 2.42 bits per heavy atom. The summed E-state index contributed by atoms with van der Waals surface area (Å²) in [5, 5.41) is 7.29. The third-order valence-electron chi connectivity index (χ3n) is 1.72. The minimum atomic E-state index is -0.964. The molecule has 0 spiro atoms. The van der Waals surface area contributed by atoms with Gasteiger partial charge in [0.2, 0.25) is 0 Å². The van der Waals surface area contributed by atoms with Crippen LogP contribution in [-0.2, 0) is 6.54 Å². The predicted molar refractivity (Wildman–Crippen MR) is 43.2 cm³/mol. The summed E-state index contributed by atoms with van der Waals surface area (Å²) in [6.07, 6.45) is 2.69. The highest BCUT2D eigenvalue weighted by atomic mass is 19.1. The fourth-order valence-corrected chi connectivity index (χ4v) is 0.963. The summed E-state index contributed by atoms with van der Waals surface area (Å²) in [7, 11) is 0. The summed E-state index contributed by atoms with van der Waals surface area (Å²) in [6, 6.07) is -0.489. The Morgan fingerprint density at radius 1 is 1.67 bits per heavy atom. The molecule has 0 saturated carbocycles. The fourth-order valence-electron chi connectivity index (χ4n) is 0.963. The fraction of sp³-hybridized carbons (Fsp3) is 0.714. The zero-order valence-electron chi connectivity index (χ0n) is 7.02. The van der Waals surface area contributed by atoms with Crippen LogP contribution in [0.25, 0.3) is 0 Å². The summed E-state index contributed by atoms with van der Waals surface area (Å²) < 4.78 is 14.5. The Balaban J connectivity index is 2.41. The van der Waals surface area contributed by atoms with Crippen molar-refractivity contribution < 1.29 is 4.39 Å². The molecule has 0 aliphatic heterocycles. The summed E-state index contributed by atoms with van der Waals surface area (Å²) in [4.78, 5) is 0. The topological polar surface area (TPSA) is 56.7 Å². The van der Waals surface area contributed by atoms with Crippen LogP contribution in [0.15, 0.2) is 12.4 Å². The zero-order valence-corrected chi connectivity index (χ0v) is 7.02. The van der Waals surface area contributed by atoms with Crippen LogP contribution in [0.2, 0.25) is 0 Å². The highest BCUT2D eigenvalue weighted by Gasteiger charge is 2.14. The molecule has 0 bridgehead atoms. The van der Waals surface area contributed by atoms with Crippen LogP contribution < -0.4 is 5.73 Å². The Labute approximate surface area is 70.6 Å². The number of nitrogens with two attached hydrogens (primary N) is 1. The smallest absolute Gasteiger partial charge is 0.117 e. The van der Waals surface area contributed by atoms with Gasteiger partial charge < -0.3 is 5.73 Å². The van der Waals surface area contributed by atoms with Crippen molar-refractivity contribution in [2.24, 2.45) is 5.73 Å². The van der Waals surface area contributed by atoms with Gasteiger partial charge in [0.25, 0.3) is 0 Å². The van der Waals surface area contributed by atoms with E-state index in [0.717, 1.165) is 0 Å². The van der Waals surface area contributed by atoms with Crippen molar-refractivity contribution in [2.45, 2.75) is 32.1 Å². The molecule has 0 radical (unpaired) electrons. The van der Waals surface area contributed by atoms with E-state index in [9.17, 15) is 4.39 Å². The molecule has 12 heavy (non-hydrogen) atoms. The quantitative estimate of drug-likeness (QED) is 0.713. The standard InChI is InChI=1S/C7H13FN4/c1-2-6(8)7(9)5-12-4-3-10-11-12/h3-4,6-7H,2,5,9H2,1H3/t6-,7-/m1/s1. The maximum absolute atomic E-state index is 12.9. The van der Waals surface area contributed by atoms with Crippen LogP contribution in [0.3, 0.4) is 0 Å². The molecule has 1 rings (SSSR count). The van der Waals surface area contributed by atoms with Gasteiger partial charge in [0.15, 0.2) is 0 Å². The van der Waals surface area contributed by atoms with E-state index in [1.54, 1.807) is 19.3 Å². The Morgan fingerprint density at radius 3 is 2.92 bits per heavy atom. The molecule has 1 aromatic heterocycles. The molecule has 0 unspecified atom stereocenters. The van der Waals surface area contributed by atoms with Crippen LogP contribution >= 0.6 is 0 Å². The van der Waals surface area contributed by atoms with Gasteiger partial charge in [-0.05, 0) is 6.42 Å². The first kappa shape index (κ1) is 9.12. The maximum Gasteiger partial charge on any atom is 0.117 e. The minimum absolute atomic E-state index is 0.384. The summed E-state index contributed by atoms with van der Waals surface area (Å²) in [6.45, 7) is 2.15. The number of aromatic nitrogens is 3. The highest BCUT2D eigenvalue weighted by Crippen LogP contribution is 2.02. The number of nitrogens with zero attached hydrogens (tertiary/aromatic N) is 3. The normalized spacial score (nSPS) is 15.9. The molecule has 0 saturated heterocycles. The van der Waals surface area contributed by atoms with Crippen molar-refractivity contribution in [3.05, 3.63) is 12.4 Å². The lowest BCUT2D eigenvalue weighted by atomic mass is 10.1. The van der Waals surface area contributed by atoms with Gasteiger partial charge in [-0.2, -0.15) is 0 Å². The van der Waals surface area contributed by atoms with Crippen molar-refractivity contribution in [3.63, 3.8) is 0 Å². The van der Waals surface area contributed by atoms with Gasteiger partial charge in [-0.1, -0.05) is 12.1 Å². The molecule has 0 fully saturated rings. The van der Waals surface area contributed by atoms with Gasteiger partial charge in [-0.25, -0.2) is 4.39 Å². The lowest BCUT2D eigenvalue weighted by Gasteiger charge is -2.14. The van der Waals surface area contributed by atoms with Gasteiger partial charge in [0, 0.05) is 6.20 Å². The van der Waals surface area contributed by atoms with Gasteiger partial charge in [0.05, 0.1) is 18.8 Å². The summed E-state index contributed by atoms with van der Waals surface area (Å²) in [5.74, 6) is 0. The molecule has 1 aromatic rings. The van der Waals surface area contributed by atoms with Crippen LogP contribution in [0, 0.1) is 0 Å². The second kappa shape index (κ2) is 4.15. The average molecular weight is 172 g/mol. The van der Waals surface area contributed by atoms with E-state index in [2.05, 4.69) is 10.3 Å². The number of halogens is 1. The van der Waals surface area contributed by atoms with E-state index >= 15 is 0 Å². The lowest BCUT2D eigenvalue weighted by Crippen LogP contribution is -2.35. The number of alkyl halides is 1. The monoisotopic (exact) mass is 172 g/mol. The molecule has 0 aromatic carbocycles. The summed E-state index contributed by atoms with van der Waals surface area (Å²) >= 11 is 0. The molecule has 0 amide bonds. The molecule has 0 aliphatic rings. The van der Waals surface area contributed by atoms with Gasteiger partial charge in [-0.3, -0.25) is 4.68 Å². The molecule has 5 heteroatoms. The van der Waals surface area contributed by atoms with Crippen LogP contribution in [0.1, 0.15) is 13.3 Å². The molecule has 0 aliphatic carbocycles. The van der Waals surface area contributed by atoms with Crippen molar-refractivity contribution in [1.82, 2.24) is 15.0 Å². The number of hydrogen-bond acceptors (Lipinski definition) is 3. The average Bonchev–Trinajstić information content (AvgIpc) is 2.55. The summed E-state index contributed by atoms with van der Waals surface area (Å²) in [5.41, 5.74) is 5.56. The molecule has 68 valence electrons. The first-order valence-electron chi connectivity index (χ1n) is 3.97.